The molecule has 0 spiro atoms. The Morgan fingerprint density at radius 3 is 2.28 bits per heavy atom. The van der Waals surface area contributed by atoms with Crippen molar-refractivity contribution in [2.45, 2.75) is 13.8 Å². The van der Waals surface area contributed by atoms with Crippen molar-refractivity contribution in [3.8, 4) is 5.75 Å². The Bertz CT molecular complexity index is 1170. The van der Waals surface area contributed by atoms with Crippen LogP contribution in [0.2, 0.25) is 0 Å². The quantitative estimate of drug-likeness (QED) is 0.520. The van der Waals surface area contributed by atoms with E-state index in [0.717, 1.165) is 4.90 Å². The van der Waals surface area contributed by atoms with Crippen molar-refractivity contribution in [2.75, 3.05) is 16.8 Å². The van der Waals surface area contributed by atoms with Gasteiger partial charge in [-0.2, -0.15) is 0 Å². The lowest BCUT2D eigenvalue weighted by Gasteiger charge is -2.15. The average Bonchev–Trinajstić information content (AvgIpc) is 3.02. The summed E-state index contributed by atoms with van der Waals surface area (Å²) in [6.07, 6.45) is 0. The molecule has 6 heteroatoms. The lowest BCUT2D eigenvalue weighted by Crippen LogP contribution is -2.32. The van der Waals surface area contributed by atoms with Gasteiger partial charge in [-0.25, -0.2) is 9.29 Å². The molecule has 0 aliphatic carbocycles. The van der Waals surface area contributed by atoms with Crippen LogP contribution in [-0.4, -0.2) is 18.4 Å². The number of benzene rings is 3. The second-order valence-electron chi connectivity index (χ2n) is 7.90. The maximum atomic E-state index is 13.7. The predicted octanol–water partition coefficient (Wildman–Crippen LogP) is 5.26. The summed E-state index contributed by atoms with van der Waals surface area (Å²) in [7, 11) is 0. The Morgan fingerprint density at radius 2 is 1.62 bits per heavy atom. The molecule has 2 amide bonds. The normalized spacial score (nSPS) is 13.8. The summed E-state index contributed by atoms with van der Waals surface area (Å²) in [6, 6.07) is 21.5. The van der Waals surface area contributed by atoms with E-state index in [2.05, 4.69) is 19.2 Å². The zero-order valence-corrected chi connectivity index (χ0v) is 17.8. The van der Waals surface area contributed by atoms with Crippen molar-refractivity contribution in [3.63, 3.8) is 0 Å². The molecule has 1 aliphatic heterocycles. The molecule has 0 saturated carbocycles. The number of hydrogen-bond acceptors (Lipinski definition) is 4. The molecule has 1 N–H and O–H groups in total. The van der Waals surface area contributed by atoms with E-state index >= 15 is 0 Å². The summed E-state index contributed by atoms with van der Waals surface area (Å²) in [5.74, 6) is -0.329. The monoisotopic (exact) mass is 430 g/mol. The molecule has 4 rings (SSSR count). The smallest absolute Gasteiger partial charge is 0.282 e. The van der Waals surface area contributed by atoms with Crippen molar-refractivity contribution in [2.24, 2.45) is 5.92 Å². The second-order valence-corrected chi connectivity index (χ2v) is 7.90. The Hall–Kier alpha value is -3.93. The van der Waals surface area contributed by atoms with Crippen molar-refractivity contribution in [1.82, 2.24) is 0 Å². The SMILES string of the molecule is CC(C)COc1ccc(C2=C(Nc3cccc(F)c3)C(=O)N(c3ccccc3)C2=O)cc1. The number of hydrogen-bond donors (Lipinski definition) is 1. The van der Waals surface area contributed by atoms with E-state index in [1.54, 1.807) is 54.6 Å². The van der Waals surface area contributed by atoms with Crippen LogP contribution in [0.25, 0.3) is 5.57 Å². The van der Waals surface area contributed by atoms with E-state index in [9.17, 15) is 14.0 Å². The summed E-state index contributed by atoms with van der Waals surface area (Å²) < 4.78 is 19.4. The summed E-state index contributed by atoms with van der Waals surface area (Å²) in [4.78, 5) is 27.8. The fourth-order valence-electron chi connectivity index (χ4n) is 3.42. The van der Waals surface area contributed by atoms with E-state index in [-0.39, 0.29) is 11.3 Å². The first kappa shape index (κ1) is 21.3. The highest BCUT2D eigenvalue weighted by Gasteiger charge is 2.40. The molecule has 5 nitrogen and oxygen atoms in total. The number of nitrogens with zero attached hydrogens (tertiary/aromatic N) is 1. The van der Waals surface area contributed by atoms with Gasteiger partial charge in [0.2, 0.25) is 0 Å². The van der Waals surface area contributed by atoms with E-state index in [1.807, 2.05) is 6.07 Å². The molecule has 0 bridgehead atoms. The first-order valence-electron chi connectivity index (χ1n) is 10.4. The molecule has 0 unspecified atom stereocenters. The second kappa shape index (κ2) is 9.06. The number of nitrogens with one attached hydrogen (secondary N) is 1. The third-order valence-corrected chi connectivity index (χ3v) is 4.92. The first-order valence-corrected chi connectivity index (χ1v) is 10.4. The van der Waals surface area contributed by atoms with Crippen LogP contribution >= 0.6 is 0 Å². The number of halogens is 1. The van der Waals surface area contributed by atoms with Crippen molar-refractivity contribution < 1.29 is 18.7 Å². The average molecular weight is 430 g/mol. The molecule has 1 heterocycles. The number of rotatable bonds is 7. The number of anilines is 2. The Balaban J connectivity index is 1.73. The molecule has 32 heavy (non-hydrogen) atoms. The minimum Gasteiger partial charge on any atom is -0.493 e. The van der Waals surface area contributed by atoms with Gasteiger partial charge in [0.25, 0.3) is 11.8 Å². The van der Waals surface area contributed by atoms with Gasteiger partial charge in [-0.1, -0.05) is 50.2 Å². The fourth-order valence-corrected chi connectivity index (χ4v) is 3.42. The molecule has 0 fully saturated rings. The lowest BCUT2D eigenvalue weighted by atomic mass is 10.0. The van der Waals surface area contributed by atoms with E-state index in [4.69, 9.17) is 4.74 Å². The number of ether oxygens (including phenoxy) is 1. The maximum Gasteiger partial charge on any atom is 0.282 e. The highest BCUT2D eigenvalue weighted by Crippen LogP contribution is 2.34. The molecule has 0 aromatic heterocycles. The number of para-hydroxylation sites is 1. The first-order chi connectivity index (χ1) is 15.4. The summed E-state index contributed by atoms with van der Waals surface area (Å²) in [5, 5.41) is 2.96. The largest absolute Gasteiger partial charge is 0.493 e. The molecule has 162 valence electrons. The number of carbonyl (C=O) groups is 2. The fraction of sp³-hybridized carbons (Fsp3) is 0.154. The zero-order valence-electron chi connectivity index (χ0n) is 17.8. The van der Waals surface area contributed by atoms with Crippen LogP contribution in [0, 0.1) is 11.7 Å². The van der Waals surface area contributed by atoms with Crippen molar-refractivity contribution in [3.05, 3.63) is 95.9 Å². The number of imide groups is 1. The highest BCUT2D eigenvalue weighted by atomic mass is 19.1. The maximum absolute atomic E-state index is 13.7. The van der Waals surface area contributed by atoms with Crippen molar-refractivity contribution >= 4 is 28.8 Å². The molecule has 0 atom stereocenters. The van der Waals surface area contributed by atoms with Gasteiger partial charge in [0.05, 0.1) is 17.9 Å². The lowest BCUT2D eigenvalue weighted by molar-refractivity contribution is -0.120. The van der Waals surface area contributed by atoms with Crippen molar-refractivity contribution in [1.29, 1.82) is 0 Å². The van der Waals surface area contributed by atoms with Gasteiger partial charge >= 0.3 is 0 Å². The van der Waals surface area contributed by atoms with Gasteiger partial charge < -0.3 is 10.1 Å². The minimum atomic E-state index is -0.499. The van der Waals surface area contributed by atoms with Crippen LogP contribution in [0.4, 0.5) is 15.8 Å². The van der Waals surface area contributed by atoms with E-state index in [1.165, 1.54) is 18.2 Å². The van der Waals surface area contributed by atoms with Gasteiger partial charge in [-0.05, 0) is 53.9 Å². The summed E-state index contributed by atoms with van der Waals surface area (Å²) in [5.41, 5.74) is 1.73. The van der Waals surface area contributed by atoms with Gasteiger partial charge in [-0.3, -0.25) is 9.59 Å². The molecule has 3 aromatic rings. The van der Waals surface area contributed by atoms with Crippen LogP contribution in [0.1, 0.15) is 19.4 Å². The topological polar surface area (TPSA) is 58.6 Å². The van der Waals surface area contributed by atoms with Gasteiger partial charge in [0.15, 0.2) is 0 Å². The van der Waals surface area contributed by atoms with Gasteiger partial charge in [-0.15, -0.1) is 0 Å². The third kappa shape index (κ3) is 4.39. The van der Waals surface area contributed by atoms with Gasteiger partial charge in [0.1, 0.15) is 17.3 Å². The third-order valence-electron chi connectivity index (χ3n) is 4.92. The highest BCUT2D eigenvalue weighted by molar-refractivity contribution is 6.46. The van der Waals surface area contributed by atoms with E-state index in [0.29, 0.717) is 35.2 Å². The minimum absolute atomic E-state index is 0.0975. The Morgan fingerprint density at radius 1 is 0.906 bits per heavy atom. The molecule has 0 saturated heterocycles. The Labute approximate surface area is 186 Å². The molecular formula is C26H23FN2O3. The van der Waals surface area contributed by atoms with Crippen LogP contribution in [0.3, 0.4) is 0 Å². The standard InChI is InChI=1S/C26H23FN2O3/c1-17(2)16-32-22-13-11-18(12-14-22)23-24(28-20-8-6-7-19(27)15-20)26(31)29(25(23)30)21-9-4-3-5-10-21/h3-15,17,28H,16H2,1-2H3. The summed E-state index contributed by atoms with van der Waals surface area (Å²) in [6.45, 7) is 4.70. The molecule has 0 radical (unpaired) electrons. The van der Waals surface area contributed by atoms with Crippen LogP contribution in [0.15, 0.2) is 84.6 Å². The van der Waals surface area contributed by atoms with Crippen LogP contribution in [-0.2, 0) is 9.59 Å². The molecule has 3 aromatic carbocycles. The Kier molecular flexibility index (Phi) is 6.03. The van der Waals surface area contributed by atoms with E-state index < -0.39 is 17.6 Å². The summed E-state index contributed by atoms with van der Waals surface area (Å²) >= 11 is 0. The molecular weight excluding hydrogens is 407 g/mol. The molecule has 1 aliphatic rings. The number of carbonyl (C=O) groups excluding carboxylic acids is 2. The number of amides is 2. The predicted molar refractivity (Wildman–Crippen MR) is 123 cm³/mol. The van der Waals surface area contributed by atoms with Crippen LogP contribution in [0.5, 0.6) is 5.75 Å². The van der Waals surface area contributed by atoms with Crippen LogP contribution < -0.4 is 15.0 Å². The zero-order chi connectivity index (χ0) is 22.7. The van der Waals surface area contributed by atoms with Gasteiger partial charge in [0, 0.05) is 5.69 Å².